The van der Waals surface area contributed by atoms with Crippen molar-refractivity contribution in [1.29, 1.82) is 0 Å². The molecule has 10 heteroatoms. The second-order valence-electron chi connectivity index (χ2n) is 10.0. The van der Waals surface area contributed by atoms with Crippen molar-refractivity contribution in [3.05, 3.63) is 40.5 Å². The van der Waals surface area contributed by atoms with Crippen molar-refractivity contribution < 1.29 is 19.0 Å². The lowest BCUT2D eigenvalue weighted by Crippen LogP contribution is -2.50. The van der Waals surface area contributed by atoms with Gasteiger partial charge in [-0.25, -0.2) is 14.8 Å². The maximum absolute atomic E-state index is 12.4. The standard InChI is InChI=1S/C27H32Cl2N4O4/c1-27(2,3)37-26(34)33-19-9-7-6-8-18(19)32-25-30-14-16-12-15(10-11-17(16)31-25)22-23(28)20(35-4)13-21(36-5)24(22)29/h10-14,18-19H,6-9H2,1-5H3,(H,33,34)(H,30,31,32)/t18?,19-/m0/s1. The summed E-state index contributed by atoms with van der Waals surface area (Å²) in [6.45, 7) is 5.55. The van der Waals surface area contributed by atoms with Gasteiger partial charge in [-0.3, -0.25) is 0 Å². The summed E-state index contributed by atoms with van der Waals surface area (Å²) < 4.78 is 16.2. The molecule has 1 heterocycles. The number of halogens is 2. The van der Waals surface area contributed by atoms with Crippen LogP contribution in [0.5, 0.6) is 11.5 Å². The normalized spacial score (nSPS) is 17.8. The summed E-state index contributed by atoms with van der Waals surface area (Å²) in [5.41, 5.74) is 1.61. The maximum Gasteiger partial charge on any atom is 0.407 e. The number of carbonyl (C=O) groups is 1. The Morgan fingerprint density at radius 3 is 2.27 bits per heavy atom. The predicted octanol–water partition coefficient (Wildman–Crippen LogP) is 6.87. The molecule has 1 aromatic heterocycles. The van der Waals surface area contributed by atoms with E-state index in [-0.39, 0.29) is 12.1 Å². The molecule has 1 aliphatic rings. The molecule has 0 spiro atoms. The van der Waals surface area contributed by atoms with Crippen LogP contribution >= 0.6 is 23.2 Å². The van der Waals surface area contributed by atoms with Crippen LogP contribution in [-0.4, -0.2) is 48.0 Å². The number of nitrogens with one attached hydrogen (secondary N) is 2. The van der Waals surface area contributed by atoms with E-state index >= 15 is 0 Å². The number of benzene rings is 2. The fraction of sp³-hybridized carbons (Fsp3) is 0.444. The molecule has 1 aliphatic carbocycles. The SMILES string of the molecule is COc1cc(OC)c(Cl)c(-c2ccc3nc(NC4CCCC[C@@H]4NC(=O)OC(C)(C)C)ncc3c2)c1Cl. The molecule has 0 bridgehead atoms. The number of carbonyl (C=O) groups excluding carboxylic acids is 1. The second-order valence-corrected chi connectivity index (χ2v) is 10.8. The number of ether oxygens (including phenoxy) is 3. The Kier molecular flexibility index (Phi) is 8.19. The quantitative estimate of drug-likeness (QED) is 0.348. The van der Waals surface area contributed by atoms with Crippen LogP contribution < -0.4 is 20.1 Å². The largest absolute Gasteiger partial charge is 0.495 e. The number of methoxy groups -OCH3 is 2. The van der Waals surface area contributed by atoms with Gasteiger partial charge >= 0.3 is 6.09 Å². The van der Waals surface area contributed by atoms with Crippen LogP contribution in [0.25, 0.3) is 22.0 Å². The first-order chi connectivity index (χ1) is 17.6. The maximum atomic E-state index is 12.4. The summed E-state index contributed by atoms with van der Waals surface area (Å²) in [6.07, 6.45) is 5.21. The van der Waals surface area contributed by atoms with Gasteiger partial charge in [-0.2, -0.15) is 0 Å². The van der Waals surface area contributed by atoms with Gasteiger partial charge in [0.2, 0.25) is 5.95 Å². The van der Waals surface area contributed by atoms with E-state index in [1.165, 1.54) is 0 Å². The molecule has 0 saturated heterocycles. The Balaban J connectivity index is 1.57. The molecule has 2 aromatic carbocycles. The number of hydrogen-bond acceptors (Lipinski definition) is 7. The van der Waals surface area contributed by atoms with Crippen molar-refractivity contribution in [3.63, 3.8) is 0 Å². The third-order valence-corrected chi connectivity index (χ3v) is 6.98. The highest BCUT2D eigenvalue weighted by molar-refractivity contribution is 6.41. The second kappa shape index (κ2) is 11.2. The van der Waals surface area contributed by atoms with Crippen LogP contribution in [0.4, 0.5) is 10.7 Å². The predicted molar refractivity (Wildman–Crippen MR) is 147 cm³/mol. The lowest BCUT2D eigenvalue weighted by atomic mass is 9.90. The molecule has 37 heavy (non-hydrogen) atoms. The van der Waals surface area contributed by atoms with Crippen molar-refractivity contribution in [2.75, 3.05) is 19.5 Å². The van der Waals surface area contributed by atoms with Crippen LogP contribution in [0.1, 0.15) is 46.5 Å². The van der Waals surface area contributed by atoms with Crippen molar-refractivity contribution >= 4 is 46.1 Å². The number of nitrogens with zero attached hydrogens (tertiary/aromatic N) is 2. The lowest BCUT2D eigenvalue weighted by Gasteiger charge is -2.33. The zero-order chi connectivity index (χ0) is 26.7. The monoisotopic (exact) mass is 546 g/mol. The summed E-state index contributed by atoms with van der Waals surface area (Å²) in [7, 11) is 3.09. The van der Waals surface area contributed by atoms with Gasteiger partial charge in [0.1, 0.15) is 17.1 Å². The number of hydrogen-bond donors (Lipinski definition) is 2. The van der Waals surface area contributed by atoms with Gasteiger partial charge in [0.05, 0.1) is 35.8 Å². The van der Waals surface area contributed by atoms with E-state index in [1.807, 2.05) is 39.0 Å². The molecule has 0 aliphatic heterocycles. The lowest BCUT2D eigenvalue weighted by molar-refractivity contribution is 0.0488. The molecule has 1 saturated carbocycles. The van der Waals surface area contributed by atoms with Gasteiger partial charge in [-0.15, -0.1) is 0 Å². The van der Waals surface area contributed by atoms with Gasteiger partial charge in [-0.05, 0) is 51.3 Å². The fourth-order valence-corrected chi connectivity index (χ4v) is 5.22. The molecule has 1 unspecified atom stereocenters. The molecule has 1 fully saturated rings. The molecule has 198 valence electrons. The van der Waals surface area contributed by atoms with E-state index in [0.29, 0.717) is 33.1 Å². The smallest absolute Gasteiger partial charge is 0.407 e. The van der Waals surface area contributed by atoms with E-state index in [1.54, 1.807) is 26.5 Å². The van der Waals surface area contributed by atoms with E-state index in [9.17, 15) is 4.79 Å². The Hall–Kier alpha value is -2.97. The molecule has 3 aromatic rings. The number of fused-ring (bicyclic) bond motifs is 1. The van der Waals surface area contributed by atoms with Crippen molar-refractivity contribution in [1.82, 2.24) is 15.3 Å². The van der Waals surface area contributed by atoms with Crippen LogP contribution in [-0.2, 0) is 4.74 Å². The van der Waals surface area contributed by atoms with Crippen LogP contribution in [0.15, 0.2) is 30.5 Å². The van der Waals surface area contributed by atoms with Gasteiger partial charge in [0.25, 0.3) is 0 Å². The van der Waals surface area contributed by atoms with Crippen LogP contribution in [0.3, 0.4) is 0 Å². The summed E-state index contributed by atoms with van der Waals surface area (Å²) >= 11 is 13.2. The molecule has 2 atom stereocenters. The Bertz CT molecular complexity index is 1270. The van der Waals surface area contributed by atoms with Gasteiger partial charge in [0, 0.05) is 29.3 Å². The minimum absolute atomic E-state index is 0.000136. The number of rotatable bonds is 6. The van der Waals surface area contributed by atoms with E-state index in [0.717, 1.165) is 42.1 Å². The first-order valence-electron chi connectivity index (χ1n) is 12.2. The van der Waals surface area contributed by atoms with E-state index in [2.05, 4.69) is 15.6 Å². The van der Waals surface area contributed by atoms with E-state index < -0.39 is 11.7 Å². The number of aromatic nitrogens is 2. The van der Waals surface area contributed by atoms with Crippen molar-refractivity contribution in [3.8, 4) is 22.6 Å². The third-order valence-electron chi connectivity index (χ3n) is 6.22. The molecule has 0 radical (unpaired) electrons. The Labute approximate surface area is 227 Å². The number of amides is 1. The Morgan fingerprint density at radius 1 is 1.00 bits per heavy atom. The van der Waals surface area contributed by atoms with Crippen LogP contribution in [0.2, 0.25) is 10.0 Å². The fourth-order valence-electron chi connectivity index (χ4n) is 4.50. The zero-order valence-electron chi connectivity index (χ0n) is 21.7. The summed E-state index contributed by atoms with van der Waals surface area (Å²) in [5.74, 6) is 1.44. The molecule has 8 nitrogen and oxygen atoms in total. The minimum atomic E-state index is -0.549. The summed E-state index contributed by atoms with van der Waals surface area (Å²) in [6, 6.07) is 7.31. The average molecular weight is 547 g/mol. The van der Waals surface area contributed by atoms with Crippen molar-refractivity contribution in [2.24, 2.45) is 0 Å². The summed E-state index contributed by atoms with van der Waals surface area (Å²) in [4.78, 5) is 21.6. The molecule has 1 amide bonds. The molecular formula is C27H32Cl2N4O4. The van der Waals surface area contributed by atoms with Crippen LogP contribution in [0, 0.1) is 0 Å². The molecule has 2 N–H and O–H groups in total. The zero-order valence-corrected chi connectivity index (χ0v) is 23.2. The van der Waals surface area contributed by atoms with Gasteiger partial charge in [-0.1, -0.05) is 42.1 Å². The first-order valence-corrected chi connectivity index (χ1v) is 13.0. The third kappa shape index (κ3) is 6.30. The van der Waals surface area contributed by atoms with Crippen molar-refractivity contribution in [2.45, 2.75) is 64.1 Å². The highest BCUT2D eigenvalue weighted by atomic mass is 35.5. The average Bonchev–Trinajstić information content (AvgIpc) is 2.84. The van der Waals surface area contributed by atoms with E-state index in [4.69, 9.17) is 42.4 Å². The molecular weight excluding hydrogens is 515 g/mol. The van der Waals surface area contributed by atoms with Gasteiger partial charge < -0.3 is 24.8 Å². The first kappa shape index (κ1) is 27.1. The molecule has 4 rings (SSSR count). The topological polar surface area (TPSA) is 94.6 Å². The minimum Gasteiger partial charge on any atom is -0.495 e. The number of alkyl carbamates (subject to hydrolysis) is 1. The summed E-state index contributed by atoms with van der Waals surface area (Å²) in [5, 5.41) is 8.05. The highest BCUT2D eigenvalue weighted by Gasteiger charge is 2.29. The highest BCUT2D eigenvalue weighted by Crippen LogP contribution is 2.46. The number of anilines is 1. The van der Waals surface area contributed by atoms with Gasteiger partial charge in [0.15, 0.2) is 0 Å². The Morgan fingerprint density at radius 2 is 1.65 bits per heavy atom.